The van der Waals surface area contributed by atoms with Gasteiger partial charge in [0.15, 0.2) is 11.6 Å². The fraction of sp³-hybridized carbons (Fsp3) is 0.500. The van der Waals surface area contributed by atoms with Crippen molar-refractivity contribution in [3.8, 4) is 0 Å². The van der Waals surface area contributed by atoms with Crippen LogP contribution in [0, 0.1) is 5.82 Å². The number of aromatic nitrogens is 1. The van der Waals surface area contributed by atoms with E-state index in [-0.39, 0.29) is 11.4 Å². The molecule has 0 saturated carbocycles. The molecule has 104 valence electrons. The summed E-state index contributed by atoms with van der Waals surface area (Å²) in [5, 5.41) is 4.42. The number of rotatable bonds is 3. The highest BCUT2D eigenvalue weighted by molar-refractivity contribution is 5.94. The number of hydrogen-bond acceptors (Lipinski definition) is 5. The maximum atomic E-state index is 13.9. The summed E-state index contributed by atoms with van der Waals surface area (Å²) in [5.74, 6) is -0.997. The molecule has 0 aliphatic carbocycles. The van der Waals surface area contributed by atoms with Crippen LogP contribution in [-0.2, 0) is 0 Å². The summed E-state index contributed by atoms with van der Waals surface area (Å²) in [6.07, 6.45) is 1.41. The van der Waals surface area contributed by atoms with Crippen LogP contribution in [0.25, 0.3) is 0 Å². The smallest absolute Gasteiger partial charge is 0.268 e. The van der Waals surface area contributed by atoms with E-state index < -0.39 is 11.7 Å². The first-order valence-corrected chi connectivity index (χ1v) is 6.18. The van der Waals surface area contributed by atoms with Gasteiger partial charge in [0.1, 0.15) is 0 Å². The summed E-state index contributed by atoms with van der Waals surface area (Å²) >= 11 is 0. The van der Waals surface area contributed by atoms with Crippen LogP contribution in [0.15, 0.2) is 12.3 Å². The number of amides is 1. The van der Waals surface area contributed by atoms with Gasteiger partial charge in [0, 0.05) is 39.4 Å². The molecular weight excluding hydrogens is 249 g/mol. The molecule has 0 spiro atoms. The summed E-state index contributed by atoms with van der Waals surface area (Å²) in [6.45, 7) is 3.21. The van der Waals surface area contributed by atoms with Crippen molar-refractivity contribution in [2.24, 2.45) is 0 Å². The van der Waals surface area contributed by atoms with E-state index in [0.29, 0.717) is 0 Å². The average Bonchev–Trinajstić information content (AvgIpc) is 2.41. The SMILES string of the molecule is CNc1nccc(C(=O)NN2CCN(C)CC2)c1F. The van der Waals surface area contributed by atoms with Gasteiger partial charge < -0.3 is 10.2 Å². The molecule has 1 amide bonds. The monoisotopic (exact) mass is 267 g/mol. The Bertz CT molecular complexity index is 459. The van der Waals surface area contributed by atoms with Gasteiger partial charge >= 0.3 is 0 Å². The molecule has 2 heterocycles. The Morgan fingerprint density at radius 1 is 1.37 bits per heavy atom. The van der Waals surface area contributed by atoms with Crippen LogP contribution in [0.5, 0.6) is 0 Å². The second-order valence-corrected chi connectivity index (χ2v) is 4.50. The third-order valence-electron chi connectivity index (χ3n) is 3.13. The van der Waals surface area contributed by atoms with Crippen LogP contribution in [0.1, 0.15) is 10.4 Å². The molecule has 1 saturated heterocycles. The first-order chi connectivity index (χ1) is 9.11. The number of carbonyl (C=O) groups excluding carboxylic acids is 1. The molecule has 2 N–H and O–H groups in total. The third kappa shape index (κ3) is 3.18. The van der Waals surface area contributed by atoms with Crippen LogP contribution >= 0.6 is 0 Å². The summed E-state index contributed by atoms with van der Waals surface area (Å²) in [6, 6.07) is 1.38. The lowest BCUT2D eigenvalue weighted by Crippen LogP contribution is -2.52. The normalized spacial score (nSPS) is 17.2. The topological polar surface area (TPSA) is 60.5 Å². The molecule has 0 unspecified atom stereocenters. The molecule has 7 heteroatoms. The van der Waals surface area contributed by atoms with Gasteiger partial charge in [0.2, 0.25) is 0 Å². The lowest BCUT2D eigenvalue weighted by Gasteiger charge is -2.32. The molecule has 1 fully saturated rings. The number of hydrogen-bond donors (Lipinski definition) is 2. The number of pyridine rings is 1. The first-order valence-electron chi connectivity index (χ1n) is 6.18. The van der Waals surface area contributed by atoms with E-state index in [1.807, 2.05) is 7.05 Å². The van der Waals surface area contributed by atoms with Gasteiger partial charge in [0.25, 0.3) is 5.91 Å². The molecule has 0 radical (unpaired) electrons. The lowest BCUT2D eigenvalue weighted by atomic mass is 10.2. The van der Waals surface area contributed by atoms with E-state index >= 15 is 0 Å². The van der Waals surface area contributed by atoms with Crippen molar-refractivity contribution < 1.29 is 9.18 Å². The number of nitrogens with zero attached hydrogens (tertiary/aromatic N) is 3. The quantitative estimate of drug-likeness (QED) is 0.816. The Labute approximate surface area is 111 Å². The van der Waals surface area contributed by atoms with Crippen LogP contribution in [0.4, 0.5) is 10.2 Å². The number of anilines is 1. The number of halogens is 1. The van der Waals surface area contributed by atoms with Gasteiger partial charge in [-0.15, -0.1) is 0 Å². The van der Waals surface area contributed by atoms with Crippen molar-refractivity contribution in [3.63, 3.8) is 0 Å². The Morgan fingerprint density at radius 3 is 2.68 bits per heavy atom. The Hall–Kier alpha value is -1.73. The number of likely N-dealkylation sites (N-methyl/N-ethyl adjacent to an activating group) is 1. The number of hydrazine groups is 1. The Balaban J connectivity index is 2.04. The molecule has 1 aliphatic heterocycles. The third-order valence-corrected chi connectivity index (χ3v) is 3.13. The predicted molar refractivity (Wildman–Crippen MR) is 70.3 cm³/mol. The first kappa shape index (κ1) is 13.7. The minimum absolute atomic E-state index is 0.00159. The lowest BCUT2D eigenvalue weighted by molar-refractivity contribution is 0.0658. The fourth-order valence-electron chi connectivity index (χ4n) is 1.92. The van der Waals surface area contributed by atoms with Crippen LogP contribution in [0.2, 0.25) is 0 Å². The van der Waals surface area contributed by atoms with E-state index in [1.165, 1.54) is 12.3 Å². The fourth-order valence-corrected chi connectivity index (χ4v) is 1.92. The summed E-state index contributed by atoms with van der Waals surface area (Å²) in [7, 11) is 3.59. The van der Waals surface area contributed by atoms with Crippen molar-refractivity contribution in [2.45, 2.75) is 0 Å². The van der Waals surface area contributed by atoms with Crippen LogP contribution in [0.3, 0.4) is 0 Å². The van der Waals surface area contributed by atoms with Crippen molar-refractivity contribution in [3.05, 3.63) is 23.6 Å². The zero-order chi connectivity index (χ0) is 13.8. The highest BCUT2D eigenvalue weighted by Gasteiger charge is 2.20. The van der Waals surface area contributed by atoms with Gasteiger partial charge in [-0.25, -0.2) is 14.4 Å². The highest BCUT2D eigenvalue weighted by atomic mass is 19.1. The largest absolute Gasteiger partial charge is 0.371 e. The van der Waals surface area contributed by atoms with E-state index in [9.17, 15) is 9.18 Å². The van der Waals surface area contributed by atoms with E-state index in [0.717, 1.165) is 26.2 Å². The second kappa shape index (κ2) is 5.94. The van der Waals surface area contributed by atoms with Crippen molar-refractivity contribution in [1.29, 1.82) is 0 Å². The van der Waals surface area contributed by atoms with E-state index in [4.69, 9.17) is 0 Å². The average molecular weight is 267 g/mol. The molecule has 0 atom stereocenters. The zero-order valence-corrected chi connectivity index (χ0v) is 11.1. The highest BCUT2D eigenvalue weighted by Crippen LogP contribution is 2.14. The summed E-state index contributed by atoms with van der Waals surface area (Å²) < 4.78 is 13.9. The predicted octanol–water partition coefficient (Wildman–Crippen LogP) is 0.155. The molecule has 0 bridgehead atoms. The maximum absolute atomic E-state index is 13.9. The van der Waals surface area contributed by atoms with E-state index in [2.05, 4.69) is 20.6 Å². The van der Waals surface area contributed by atoms with Gasteiger partial charge in [-0.1, -0.05) is 0 Å². The van der Waals surface area contributed by atoms with Gasteiger partial charge in [0.05, 0.1) is 5.56 Å². The molecule has 6 nitrogen and oxygen atoms in total. The van der Waals surface area contributed by atoms with Crippen molar-refractivity contribution in [2.75, 3.05) is 45.6 Å². The summed E-state index contributed by atoms with van der Waals surface area (Å²) in [4.78, 5) is 18.0. The molecule has 0 aromatic carbocycles. The van der Waals surface area contributed by atoms with Crippen molar-refractivity contribution >= 4 is 11.7 Å². The van der Waals surface area contributed by atoms with Gasteiger partial charge in [-0.2, -0.15) is 0 Å². The number of carbonyl (C=O) groups is 1. The van der Waals surface area contributed by atoms with Gasteiger partial charge in [-0.3, -0.25) is 10.2 Å². The Kier molecular flexibility index (Phi) is 4.28. The molecule has 2 rings (SSSR count). The number of nitrogens with one attached hydrogen (secondary N) is 2. The zero-order valence-electron chi connectivity index (χ0n) is 11.1. The minimum atomic E-state index is -0.628. The minimum Gasteiger partial charge on any atom is -0.371 e. The van der Waals surface area contributed by atoms with Crippen LogP contribution in [-0.4, -0.2) is 61.1 Å². The summed E-state index contributed by atoms with van der Waals surface area (Å²) in [5.41, 5.74) is 2.72. The van der Waals surface area contributed by atoms with Crippen molar-refractivity contribution in [1.82, 2.24) is 20.3 Å². The van der Waals surface area contributed by atoms with Crippen LogP contribution < -0.4 is 10.7 Å². The second-order valence-electron chi connectivity index (χ2n) is 4.50. The Morgan fingerprint density at radius 2 is 2.05 bits per heavy atom. The molecule has 19 heavy (non-hydrogen) atoms. The molecule has 1 aromatic rings. The standard InChI is InChI=1S/C12H18FN5O/c1-14-11-10(13)9(3-4-15-11)12(19)16-18-7-5-17(2)6-8-18/h3-4H,5-8H2,1-2H3,(H,14,15)(H,16,19). The van der Waals surface area contributed by atoms with Gasteiger partial charge in [-0.05, 0) is 13.1 Å². The maximum Gasteiger partial charge on any atom is 0.268 e. The molecule has 1 aromatic heterocycles. The number of piperazine rings is 1. The molecule has 1 aliphatic rings. The van der Waals surface area contributed by atoms with E-state index in [1.54, 1.807) is 12.1 Å². The molecular formula is C12H18FN5O.